The lowest BCUT2D eigenvalue weighted by Gasteiger charge is -2.22. The van der Waals surface area contributed by atoms with Crippen molar-refractivity contribution in [2.75, 3.05) is 13.1 Å². The number of nitrogens with zero attached hydrogens (tertiary/aromatic N) is 1. The average molecular weight is 273 g/mol. The van der Waals surface area contributed by atoms with Gasteiger partial charge in [0.05, 0.1) is 4.90 Å². The molecule has 1 aromatic rings. The number of amides is 1. The minimum Gasteiger partial charge on any atom is -0.356 e. The van der Waals surface area contributed by atoms with E-state index in [-0.39, 0.29) is 16.5 Å². The van der Waals surface area contributed by atoms with Crippen molar-refractivity contribution in [3.05, 3.63) is 18.0 Å². The summed E-state index contributed by atoms with van der Waals surface area (Å²) in [5, 5.41) is 4.99. The minimum atomic E-state index is -3.77. The van der Waals surface area contributed by atoms with E-state index in [1.54, 1.807) is 4.90 Å². The zero-order valence-electron chi connectivity index (χ0n) is 10.8. The standard InChI is InChI=1S/C11H19N3O3S/c1-4-14(7-8(2)3)11(15)10-5-9(6-13-10)18(12,16)17/h5-6,8,13H,4,7H2,1-3H3,(H2,12,16,17). The van der Waals surface area contributed by atoms with Gasteiger partial charge in [-0.25, -0.2) is 13.6 Å². The summed E-state index contributed by atoms with van der Waals surface area (Å²) in [6.07, 6.45) is 1.23. The first kappa shape index (κ1) is 14.7. The fourth-order valence-electron chi connectivity index (χ4n) is 1.63. The van der Waals surface area contributed by atoms with Gasteiger partial charge in [0.2, 0.25) is 10.0 Å². The molecule has 0 atom stereocenters. The Bertz CT molecular complexity index is 519. The molecular weight excluding hydrogens is 254 g/mol. The number of aromatic amines is 1. The molecular formula is C11H19N3O3S. The number of carbonyl (C=O) groups excluding carboxylic acids is 1. The molecule has 18 heavy (non-hydrogen) atoms. The van der Waals surface area contributed by atoms with Crippen LogP contribution < -0.4 is 5.14 Å². The Morgan fingerprint density at radius 2 is 2.11 bits per heavy atom. The van der Waals surface area contributed by atoms with Gasteiger partial charge in [0, 0.05) is 19.3 Å². The molecule has 0 spiro atoms. The predicted molar refractivity (Wildman–Crippen MR) is 68.6 cm³/mol. The smallest absolute Gasteiger partial charge is 0.270 e. The van der Waals surface area contributed by atoms with Crippen LogP contribution in [0, 0.1) is 5.92 Å². The largest absolute Gasteiger partial charge is 0.356 e. The number of H-pyrrole nitrogens is 1. The van der Waals surface area contributed by atoms with Crippen LogP contribution in [-0.4, -0.2) is 37.3 Å². The zero-order chi connectivity index (χ0) is 13.9. The summed E-state index contributed by atoms with van der Waals surface area (Å²) in [6, 6.07) is 1.26. The van der Waals surface area contributed by atoms with Gasteiger partial charge in [-0.2, -0.15) is 0 Å². The third-order valence-corrected chi connectivity index (χ3v) is 3.36. The van der Waals surface area contributed by atoms with Gasteiger partial charge < -0.3 is 9.88 Å². The van der Waals surface area contributed by atoms with E-state index in [2.05, 4.69) is 4.98 Å². The summed E-state index contributed by atoms with van der Waals surface area (Å²) >= 11 is 0. The molecule has 1 heterocycles. The summed E-state index contributed by atoms with van der Waals surface area (Å²) < 4.78 is 22.2. The second kappa shape index (κ2) is 5.53. The third-order valence-electron chi connectivity index (χ3n) is 2.47. The SMILES string of the molecule is CCN(CC(C)C)C(=O)c1cc(S(N)(=O)=O)c[nH]1. The van der Waals surface area contributed by atoms with E-state index >= 15 is 0 Å². The number of rotatable bonds is 5. The van der Waals surface area contributed by atoms with Crippen molar-refractivity contribution in [3.63, 3.8) is 0 Å². The highest BCUT2D eigenvalue weighted by molar-refractivity contribution is 7.89. The first-order valence-corrected chi connectivity index (χ1v) is 7.30. The van der Waals surface area contributed by atoms with Gasteiger partial charge in [-0.3, -0.25) is 4.79 Å². The van der Waals surface area contributed by atoms with Crippen LogP contribution >= 0.6 is 0 Å². The molecule has 0 saturated heterocycles. The molecule has 102 valence electrons. The maximum atomic E-state index is 12.1. The lowest BCUT2D eigenvalue weighted by Crippen LogP contribution is -2.34. The van der Waals surface area contributed by atoms with Crippen LogP contribution in [0.1, 0.15) is 31.3 Å². The Morgan fingerprint density at radius 3 is 2.50 bits per heavy atom. The van der Waals surface area contributed by atoms with Crippen LogP contribution in [-0.2, 0) is 10.0 Å². The van der Waals surface area contributed by atoms with Crippen molar-refractivity contribution in [2.24, 2.45) is 11.1 Å². The molecule has 1 amide bonds. The third kappa shape index (κ3) is 3.58. The van der Waals surface area contributed by atoms with Gasteiger partial charge in [0.1, 0.15) is 5.69 Å². The Morgan fingerprint density at radius 1 is 1.50 bits per heavy atom. The van der Waals surface area contributed by atoms with Crippen molar-refractivity contribution < 1.29 is 13.2 Å². The highest BCUT2D eigenvalue weighted by Crippen LogP contribution is 2.11. The molecule has 0 aliphatic rings. The zero-order valence-corrected chi connectivity index (χ0v) is 11.6. The highest BCUT2D eigenvalue weighted by atomic mass is 32.2. The Kier molecular flexibility index (Phi) is 4.53. The summed E-state index contributed by atoms with van der Waals surface area (Å²) in [5.41, 5.74) is 0.238. The summed E-state index contributed by atoms with van der Waals surface area (Å²) in [6.45, 7) is 7.10. The molecule has 0 aromatic carbocycles. The molecule has 0 bridgehead atoms. The van der Waals surface area contributed by atoms with Gasteiger partial charge >= 0.3 is 0 Å². The van der Waals surface area contributed by atoms with Crippen molar-refractivity contribution >= 4 is 15.9 Å². The van der Waals surface area contributed by atoms with Crippen molar-refractivity contribution in [3.8, 4) is 0 Å². The fourth-order valence-corrected chi connectivity index (χ4v) is 2.13. The monoisotopic (exact) mass is 273 g/mol. The number of nitrogens with one attached hydrogen (secondary N) is 1. The van der Waals surface area contributed by atoms with Crippen LogP contribution in [0.3, 0.4) is 0 Å². The average Bonchev–Trinajstić information content (AvgIpc) is 2.73. The number of primary sulfonamides is 1. The Labute approximate surface area is 107 Å². The van der Waals surface area contributed by atoms with Crippen LogP contribution in [0.25, 0.3) is 0 Å². The van der Waals surface area contributed by atoms with E-state index in [1.807, 2.05) is 20.8 Å². The summed E-state index contributed by atoms with van der Waals surface area (Å²) in [7, 11) is -3.77. The normalized spacial score (nSPS) is 11.8. The Balaban J connectivity index is 2.93. The fraction of sp³-hybridized carbons (Fsp3) is 0.545. The molecule has 0 radical (unpaired) electrons. The van der Waals surface area contributed by atoms with E-state index in [1.165, 1.54) is 12.3 Å². The van der Waals surface area contributed by atoms with E-state index in [9.17, 15) is 13.2 Å². The molecule has 0 fully saturated rings. The molecule has 0 saturated carbocycles. The molecule has 6 nitrogen and oxygen atoms in total. The van der Waals surface area contributed by atoms with E-state index in [0.29, 0.717) is 19.0 Å². The number of sulfonamides is 1. The van der Waals surface area contributed by atoms with E-state index in [0.717, 1.165) is 0 Å². The molecule has 1 rings (SSSR count). The van der Waals surface area contributed by atoms with Gasteiger partial charge in [-0.05, 0) is 18.9 Å². The number of aromatic nitrogens is 1. The maximum absolute atomic E-state index is 12.1. The molecule has 0 aliphatic heterocycles. The number of hydrogen-bond acceptors (Lipinski definition) is 3. The molecule has 3 N–H and O–H groups in total. The lowest BCUT2D eigenvalue weighted by molar-refractivity contribution is 0.0740. The summed E-state index contributed by atoms with van der Waals surface area (Å²) in [4.78, 5) is 16.3. The van der Waals surface area contributed by atoms with Crippen LogP contribution in [0.15, 0.2) is 17.2 Å². The quantitative estimate of drug-likeness (QED) is 0.829. The van der Waals surface area contributed by atoms with E-state index in [4.69, 9.17) is 5.14 Å². The molecule has 1 aromatic heterocycles. The van der Waals surface area contributed by atoms with Gasteiger partial charge in [-0.15, -0.1) is 0 Å². The Hall–Kier alpha value is -1.34. The second-order valence-electron chi connectivity index (χ2n) is 4.53. The first-order chi connectivity index (χ1) is 8.25. The highest BCUT2D eigenvalue weighted by Gasteiger charge is 2.19. The molecule has 7 heteroatoms. The topological polar surface area (TPSA) is 96.3 Å². The minimum absolute atomic E-state index is 0.0774. The van der Waals surface area contributed by atoms with Gasteiger partial charge in [0.15, 0.2) is 0 Å². The van der Waals surface area contributed by atoms with Gasteiger partial charge in [-0.1, -0.05) is 13.8 Å². The van der Waals surface area contributed by atoms with Gasteiger partial charge in [0.25, 0.3) is 5.91 Å². The van der Waals surface area contributed by atoms with Crippen LogP contribution in [0.5, 0.6) is 0 Å². The molecule has 0 unspecified atom stereocenters. The maximum Gasteiger partial charge on any atom is 0.270 e. The number of nitrogens with two attached hydrogens (primary N) is 1. The second-order valence-corrected chi connectivity index (χ2v) is 6.09. The molecule has 0 aliphatic carbocycles. The predicted octanol–water partition coefficient (Wildman–Crippen LogP) is 0.780. The van der Waals surface area contributed by atoms with Crippen LogP contribution in [0.4, 0.5) is 0 Å². The van der Waals surface area contributed by atoms with Crippen molar-refractivity contribution in [2.45, 2.75) is 25.7 Å². The number of hydrogen-bond donors (Lipinski definition) is 2. The van der Waals surface area contributed by atoms with Crippen LogP contribution in [0.2, 0.25) is 0 Å². The number of carbonyl (C=O) groups is 1. The first-order valence-electron chi connectivity index (χ1n) is 5.76. The summed E-state index contributed by atoms with van der Waals surface area (Å²) in [5.74, 6) is 0.127. The lowest BCUT2D eigenvalue weighted by atomic mass is 10.2. The van der Waals surface area contributed by atoms with Crippen molar-refractivity contribution in [1.29, 1.82) is 0 Å². The van der Waals surface area contributed by atoms with Crippen molar-refractivity contribution in [1.82, 2.24) is 9.88 Å². The van der Waals surface area contributed by atoms with E-state index < -0.39 is 10.0 Å².